The van der Waals surface area contributed by atoms with Crippen LogP contribution in [0.2, 0.25) is 0 Å². The van der Waals surface area contributed by atoms with E-state index < -0.39 is 0 Å². The molecule has 0 unspecified atom stereocenters. The number of hydrogen-bond acceptors (Lipinski definition) is 1. The molecular weight excluding hydrogens is 556 g/mol. The Kier molecular flexibility index (Phi) is 6.73. The molecule has 0 amide bonds. The molecule has 8 aromatic rings. The van der Waals surface area contributed by atoms with Crippen molar-refractivity contribution >= 4 is 49.6 Å². The average Bonchev–Trinajstić information content (AvgIpc) is 3.43. The Hall–Kier alpha value is -5.60. The summed E-state index contributed by atoms with van der Waals surface area (Å²) >= 11 is 0. The normalized spacial score (nSPS) is 11.8. The number of nitrogens with zero attached hydrogens (tertiary/aromatic N) is 2. The number of rotatable bonds is 5. The molecule has 1 heterocycles. The standard InChI is InChI=1S/C44H36N2/c1-44(2,3)46-41-21-13-12-20-39(41)40-29-27-36(30-42(40)46)45(34-17-8-5-9-18-34)35-25-22-32(23-26-35)38-28-24-31-14-10-11-19-37(31)43(38)33-15-6-4-7-16-33/h4-30H,1-3H3. The Morgan fingerprint density at radius 1 is 0.435 bits per heavy atom. The molecule has 7 aromatic carbocycles. The van der Waals surface area contributed by atoms with Crippen molar-refractivity contribution < 1.29 is 0 Å². The van der Waals surface area contributed by atoms with Crippen molar-refractivity contribution in [2.75, 3.05) is 4.90 Å². The van der Waals surface area contributed by atoms with Gasteiger partial charge < -0.3 is 9.47 Å². The Morgan fingerprint density at radius 2 is 1.02 bits per heavy atom. The van der Waals surface area contributed by atoms with E-state index in [-0.39, 0.29) is 5.54 Å². The van der Waals surface area contributed by atoms with Crippen molar-refractivity contribution in [2.24, 2.45) is 0 Å². The fourth-order valence-corrected chi connectivity index (χ4v) is 7.06. The molecule has 0 atom stereocenters. The Labute approximate surface area is 270 Å². The van der Waals surface area contributed by atoms with Gasteiger partial charge in [0.2, 0.25) is 0 Å². The second-order valence-electron chi connectivity index (χ2n) is 13.0. The second-order valence-corrected chi connectivity index (χ2v) is 13.0. The molecule has 2 heteroatoms. The molecule has 0 aliphatic carbocycles. The van der Waals surface area contributed by atoms with Crippen molar-refractivity contribution in [3.05, 3.63) is 164 Å². The summed E-state index contributed by atoms with van der Waals surface area (Å²) in [7, 11) is 0. The van der Waals surface area contributed by atoms with E-state index in [4.69, 9.17) is 0 Å². The monoisotopic (exact) mass is 592 g/mol. The van der Waals surface area contributed by atoms with Crippen molar-refractivity contribution in [1.29, 1.82) is 0 Å². The number of aromatic nitrogens is 1. The van der Waals surface area contributed by atoms with Crippen LogP contribution in [0, 0.1) is 0 Å². The number of para-hydroxylation sites is 2. The molecular formula is C44H36N2. The topological polar surface area (TPSA) is 8.17 Å². The van der Waals surface area contributed by atoms with Crippen molar-refractivity contribution in [3.63, 3.8) is 0 Å². The molecule has 1 aromatic heterocycles. The van der Waals surface area contributed by atoms with Crippen LogP contribution in [0.3, 0.4) is 0 Å². The summed E-state index contributed by atoms with van der Waals surface area (Å²) in [5, 5.41) is 5.09. The Balaban J connectivity index is 1.29. The van der Waals surface area contributed by atoms with Gasteiger partial charge in [0, 0.05) is 38.9 Å². The maximum Gasteiger partial charge on any atom is 0.0517 e. The minimum Gasteiger partial charge on any atom is -0.335 e. The highest BCUT2D eigenvalue weighted by atomic mass is 15.1. The summed E-state index contributed by atoms with van der Waals surface area (Å²) in [5.41, 5.74) is 10.8. The highest BCUT2D eigenvalue weighted by Gasteiger charge is 2.22. The van der Waals surface area contributed by atoms with Crippen LogP contribution in [-0.2, 0) is 5.54 Å². The predicted molar refractivity (Wildman–Crippen MR) is 198 cm³/mol. The van der Waals surface area contributed by atoms with Gasteiger partial charge in [0.15, 0.2) is 0 Å². The second kappa shape index (κ2) is 11.1. The lowest BCUT2D eigenvalue weighted by atomic mass is 9.90. The molecule has 222 valence electrons. The summed E-state index contributed by atoms with van der Waals surface area (Å²) in [4.78, 5) is 2.37. The van der Waals surface area contributed by atoms with Crippen LogP contribution < -0.4 is 4.90 Å². The molecule has 0 aliphatic rings. The zero-order valence-electron chi connectivity index (χ0n) is 26.5. The molecule has 0 bridgehead atoms. The first-order valence-corrected chi connectivity index (χ1v) is 16.0. The van der Waals surface area contributed by atoms with E-state index in [1.54, 1.807) is 0 Å². The number of fused-ring (bicyclic) bond motifs is 4. The maximum absolute atomic E-state index is 2.48. The molecule has 0 radical (unpaired) electrons. The van der Waals surface area contributed by atoms with Gasteiger partial charge in [-0.15, -0.1) is 0 Å². The zero-order chi connectivity index (χ0) is 31.3. The van der Waals surface area contributed by atoms with Gasteiger partial charge in [-0.05, 0) is 96.3 Å². The highest BCUT2D eigenvalue weighted by Crippen LogP contribution is 2.42. The highest BCUT2D eigenvalue weighted by molar-refractivity contribution is 6.09. The maximum atomic E-state index is 2.48. The van der Waals surface area contributed by atoms with Crippen LogP contribution in [0.1, 0.15) is 20.8 Å². The molecule has 2 nitrogen and oxygen atoms in total. The van der Waals surface area contributed by atoms with E-state index in [0.29, 0.717) is 0 Å². The van der Waals surface area contributed by atoms with E-state index in [0.717, 1.165) is 17.1 Å². The van der Waals surface area contributed by atoms with Crippen LogP contribution in [0.25, 0.3) is 54.8 Å². The molecule has 0 aliphatic heterocycles. The van der Waals surface area contributed by atoms with Gasteiger partial charge in [-0.3, -0.25) is 0 Å². The molecule has 0 fully saturated rings. The first-order chi connectivity index (χ1) is 22.5. The zero-order valence-corrected chi connectivity index (χ0v) is 26.5. The van der Waals surface area contributed by atoms with E-state index >= 15 is 0 Å². The Bertz CT molecular complexity index is 2320. The van der Waals surface area contributed by atoms with Crippen LogP contribution in [0.4, 0.5) is 17.1 Å². The van der Waals surface area contributed by atoms with Crippen LogP contribution in [0.15, 0.2) is 164 Å². The molecule has 46 heavy (non-hydrogen) atoms. The van der Waals surface area contributed by atoms with Crippen LogP contribution >= 0.6 is 0 Å². The number of anilines is 3. The lowest BCUT2D eigenvalue weighted by Gasteiger charge is -2.27. The summed E-state index contributed by atoms with van der Waals surface area (Å²) in [5.74, 6) is 0. The minimum absolute atomic E-state index is 0.0739. The lowest BCUT2D eigenvalue weighted by molar-refractivity contribution is 0.423. The molecule has 0 N–H and O–H groups in total. The molecule has 0 saturated carbocycles. The van der Waals surface area contributed by atoms with E-state index in [2.05, 4.69) is 194 Å². The predicted octanol–water partition coefficient (Wildman–Crippen LogP) is 12.5. The third-order valence-electron chi connectivity index (χ3n) is 9.03. The van der Waals surface area contributed by atoms with Gasteiger partial charge in [-0.25, -0.2) is 0 Å². The van der Waals surface area contributed by atoms with Crippen LogP contribution in [-0.4, -0.2) is 4.57 Å². The van der Waals surface area contributed by atoms with Gasteiger partial charge in [-0.1, -0.05) is 121 Å². The molecule has 0 saturated heterocycles. The van der Waals surface area contributed by atoms with Gasteiger partial charge >= 0.3 is 0 Å². The molecule has 8 rings (SSSR count). The van der Waals surface area contributed by atoms with Gasteiger partial charge in [-0.2, -0.15) is 0 Å². The van der Waals surface area contributed by atoms with E-state index in [1.807, 2.05) is 0 Å². The molecule has 0 spiro atoms. The van der Waals surface area contributed by atoms with E-state index in [9.17, 15) is 0 Å². The average molecular weight is 593 g/mol. The lowest BCUT2D eigenvalue weighted by Crippen LogP contribution is -2.21. The first-order valence-electron chi connectivity index (χ1n) is 16.0. The summed E-state index contributed by atoms with van der Waals surface area (Å²) < 4.78 is 2.48. The summed E-state index contributed by atoms with van der Waals surface area (Å²) in [6, 6.07) is 59.4. The van der Waals surface area contributed by atoms with E-state index in [1.165, 1.54) is 54.8 Å². The fourth-order valence-electron chi connectivity index (χ4n) is 7.06. The summed E-state index contributed by atoms with van der Waals surface area (Å²) in [6.45, 7) is 6.86. The van der Waals surface area contributed by atoms with Gasteiger partial charge in [0.05, 0.1) is 5.52 Å². The summed E-state index contributed by atoms with van der Waals surface area (Å²) in [6.07, 6.45) is 0. The number of benzene rings is 7. The van der Waals surface area contributed by atoms with Crippen molar-refractivity contribution in [1.82, 2.24) is 4.57 Å². The minimum atomic E-state index is -0.0739. The smallest absolute Gasteiger partial charge is 0.0517 e. The van der Waals surface area contributed by atoms with Crippen LogP contribution in [0.5, 0.6) is 0 Å². The van der Waals surface area contributed by atoms with Gasteiger partial charge in [0.1, 0.15) is 0 Å². The third-order valence-corrected chi connectivity index (χ3v) is 9.03. The van der Waals surface area contributed by atoms with Gasteiger partial charge in [0.25, 0.3) is 0 Å². The Morgan fingerprint density at radius 3 is 1.76 bits per heavy atom. The fraction of sp³-hybridized carbons (Fsp3) is 0.0909. The third kappa shape index (κ3) is 4.74. The number of hydrogen-bond donors (Lipinski definition) is 0. The first kappa shape index (κ1) is 27.9. The van der Waals surface area contributed by atoms with Crippen molar-refractivity contribution in [2.45, 2.75) is 26.3 Å². The quantitative estimate of drug-likeness (QED) is 0.193. The van der Waals surface area contributed by atoms with Crippen molar-refractivity contribution in [3.8, 4) is 22.3 Å². The SMILES string of the molecule is CC(C)(C)n1c2ccccc2c2ccc(N(c3ccccc3)c3ccc(-c4ccc5ccccc5c4-c4ccccc4)cc3)cc21. The largest absolute Gasteiger partial charge is 0.335 e.